The lowest BCUT2D eigenvalue weighted by atomic mass is 10.1. The number of aromatic nitrogens is 2. The number of rotatable bonds is 9. The molecule has 6 nitrogen and oxygen atoms in total. The minimum absolute atomic E-state index is 0.0718. The molecule has 1 amide bonds. The Labute approximate surface area is 206 Å². The summed E-state index contributed by atoms with van der Waals surface area (Å²) in [5.41, 5.74) is 4.22. The van der Waals surface area contributed by atoms with E-state index >= 15 is 0 Å². The molecule has 1 fully saturated rings. The average molecular weight is 470 g/mol. The third-order valence-corrected chi connectivity index (χ3v) is 6.67. The lowest BCUT2D eigenvalue weighted by Gasteiger charge is -2.19. The highest BCUT2D eigenvalue weighted by molar-refractivity contribution is 5.97. The van der Waals surface area contributed by atoms with Gasteiger partial charge in [-0.15, -0.1) is 0 Å². The minimum Gasteiger partial charge on any atom is -0.497 e. The molecule has 0 N–H and O–H groups in total. The van der Waals surface area contributed by atoms with E-state index < -0.39 is 0 Å². The van der Waals surface area contributed by atoms with Crippen LogP contribution in [0.5, 0.6) is 11.5 Å². The molecule has 0 aliphatic carbocycles. The number of ether oxygens (including phenoxy) is 2. The number of carbonyl (C=O) groups is 1. The molecular formula is C29H31N3O3. The van der Waals surface area contributed by atoms with E-state index in [4.69, 9.17) is 14.5 Å². The third-order valence-electron chi connectivity index (χ3n) is 6.67. The zero-order valence-electron chi connectivity index (χ0n) is 20.3. The Balaban J connectivity index is 1.29. The monoisotopic (exact) mass is 469 g/mol. The van der Waals surface area contributed by atoms with Gasteiger partial charge in [-0.1, -0.05) is 36.4 Å². The van der Waals surface area contributed by atoms with Crippen LogP contribution in [0.1, 0.15) is 36.6 Å². The van der Waals surface area contributed by atoms with Crippen molar-refractivity contribution in [3.05, 3.63) is 84.2 Å². The van der Waals surface area contributed by atoms with Gasteiger partial charge in [-0.05, 0) is 55.7 Å². The van der Waals surface area contributed by atoms with Crippen molar-refractivity contribution in [1.29, 1.82) is 0 Å². The van der Waals surface area contributed by atoms with E-state index in [0.29, 0.717) is 19.6 Å². The number of aryl methyl sites for hydroxylation is 2. The summed E-state index contributed by atoms with van der Waals surface area (Å²) in [4.78, 5) is 19.9. The molecule has 2 heterocycles. The minimum atomic E-state index is 0.0718. The van der Waals surface area contributed by atoms with Crippen LogP contribution >= 0.6 is 0 Å². The summed E-state index contributed by atoms with van der Waals surface area (Å²) < 4.78 is 13.5. The molecule has 4 aromatic rings. The van der Waals surface area contributed by atoms with Crippen molar-refractivity contribution in [2.45, 2.75) is 38.6 Å². The molecule has 35 heavy (non-hydrogen) atoms. The topological polar surface area (TPSA) is 56.6 Å². The van der Waals surface area contributed by atoms with Crippen molar-refractivity contribution in [3.8, 4) is 11.5 Å². The van der Waals surface area contributed by atoms with E-state index in [0.717, 1.165) is 59.0 Å². The van der Waals surface area contributed by atoms with E-state index in [9.17, 15) is 4.79 Å². The van der Waals surface area contributed by atoms with Gasteiger partial charge in [0.2, 0.25) is 5.91 Å². The molecule has 1 aromatic heterocycles. The Morgan fingerprint density at radius 1 is 0.971 bits per heavy atom. The summed E-state index contributed by atoms with van der Waals surface area (Å²) in [5, 5.41) is 0. The largest absolute Gasteiger partial charge is 0.497 e. The van der Waals surface area contributed by atoms with E-state index in [1.807, 2.05) is 53.4 Å². The first kappa shape index (κ1) is 23.0. The first-order chi connectivity index (χ1) is 17.1. The van der Waals surface area contributed by atoms with Crippen molar-refractivity contribution in [3.63, 3.8) is 0 Å². The second kappa shape index (κ2) is 10.2. The molecule has 5 rings (SSSR count). The highest BCUT2D eigenvalue weighted by Gasteiger charge is 2.35. The zero-order valence-corrected chi connectivity index (χ0v) is 20.3. The number of methoxy groups -OCH3 is 1. The fourth-order valence-electron chi connectivity index (χ4n) is 4.87. The fourth-order valence-corrected chi connectivity index (χ4v) is 4.87. The van der Waals surface area contributed by atoms with Crippen LogP contribution in [0, 0.1) is 6.92 Å². The number of imidazole rings is 1. The van der Waals surface area contributed by atoms with Gasteiger partial charge in [0.05, 0.1) is 24.8 Å². The number of anilines is 1. The number of hydrogen-bond donors (Lipinski definition) is 0. The molecule has 1 aliphatic heterocycles. The first-order valence-electron chi connectivity index (χ1n) is 12.2. The van der Waals surface area contributed by atoms with Crippen LogP contribution in [0.25, 0.3) is 11.0 Å². The maximum absolute atomic E-state index is 13.0. The fraction of sp³-hybridized carbons (Fsp3) is 0.310. The predicted molar refractivity (Wildman–Crippen MR) is 138 cm³/mol. The highest BCUT2D eigenvalue weighted by atomic mass is 16.5. The predicted octanol–water partition coefficient (Wildman–Crippen LogP) is 5.73. The Morgan fingerprint density at radius 2 is 1.77 bits per heavy atom. The van der Waals surface area contributed by atoms with Crippen LogP contribution in [0.3, 0.4) is 0 Å². The smallest absolute Gasteiger partial charge is 0.227 e. The van der Waals surface area contributed by atoms with Gasteiger partial charge in [0.25, 0.3) is 0 Å². The van der Waals surface area contributed by atoms with Gasteiger partial charge in [0.15, 0.2) is 0 Å². The summed E-state index contributed by atoms with van der Waals surface area (Å²) in [5.74, 6) is 2.85. The number of carbonyl (C=O) groups excluding carboxylic acids is 1. The van der Waals surface area contributed by atoms with Crippen LogP contribution in [0.2, 0.25) is 0 Å². The molecule has 6 heteroatoms. The SMILES string of the molecule is COc1cccc(OCCCCn2c(C3CC(=O)N(c4ccccc4C)C3)nc3ccccc32)c1. The highest BCUT2D eigenvalue weighted by Crippen LogP contribution is 2.34. The maximum Gasteiger partial charge on any atom is 0.227 e. The van der Waals surface area contributed by atoms with E-state index in [2.05, 4.69) is 35.8 Å². The number of para-hydroxylation sites is 3. The van der Waals surface area contributed by atoms with Gasteiger partial charge < -0.3 is 18.9 Å². The molecule has 0 radical (unpaired) electrons. The van der Waals surface area contributed by atoms with Crippen molar-refractivity contribution >= 4 is 22.6 Å². The number of fused-ring (bicyclic) bond motifs is 1. The first-order valence-corrected chi connectivity index (χ1v) is 12.2. The van der Waals surface area contributed by atoms with Gasteiger partial charge in [-0.3, -0.25) is 4.79 Å². The van der Waals surface area contributed by atoms with Crippen LogP contribution in [0.15, 0.2) is 72.8 Å². The quantitative estimate of drug-likeness (QED) is 0.294. The van der Waals surface area contributed by atoms with Crippen LogP contribution < -0.4 is 14.4 Å². The van der Waals surface area contributed by atoms with E-state index in [1.165, 1.54) is 0 Å². The van der Waals surface area contributed by atoms with Gasteiger partial charge >= 0.3 is 0 Å². The van der Waals surface area contributed by atoms with E-state index in [-0.39, 0.29) is 11.8 Å². The molecule has 180 valence electrons. The lowest BCUT2D eigenvalue weighted by molar-refractivity contribution is -0.117. The molecule has 0 bridgehead atoms. The molecular weight excluding hydrogens is 438 g/mol. The number of nitrogens with zero attached hydrogens (tertiary/aromatic N) is 3. The van der Waals surface area contributed by atoms with Gasteiger partial charge in [-0.2, -0.15) is 0 Å². The van der Waals surface area contributed by atoms with E-state index in [1.54, 1.807) is 7.11 Å². The van der Waals surface area contributed by atoms with Crippen molar-refractivity contribution in [2.24, 2.45) is 0 Å². The number of amides is 1. The Morgan fingerprint density at radius 3 is 2.63 bits per heavy atom. The van der Waals surface area contributed by atoms with Gasteiger partial charge in [0.1, 0.15) is 17.3 Å². The number of benzene rings is 3. The number of hydrogen-bond acceptors (Lipinski definition) is 4. The maximum atomic E-state index is 13.0. The summed E-state index contributed by atoms with van der Waals surface area (Å²) in [6, 6.07) is 24.0. The summed E-state index contributed by atoms with van der Waals surface area (Å²) in [6.07, 6.45) is 2.36. The molecule has 1 unspecified atom stereocenters. The summed E-state index contributed by atoms with van der Waals surface area (Å²) in [7, 11) is 1.66. The molecule has 1 saturated heterocycles. The second-order valence-electron chi connectivity index (χ2n) is 9.04. The molecule has 1 aliphatic rings. The lowest BCUT2D eigenvalue weighted by Crippen LogP contribution is -2.25. The Hall–Kier alpha value is -3.80. The average Bonchev–Trinajstić information content (AvgIpc) is 3.44. The zero-order chi connectivity index (χ0) is 24.2. The number of unbranched alkanes of at least 4 members (excludes halogenated alkanes) is 1. The third kappa shape index (κ3) is 4.87. The Bertz CT molecular complexity index is 1330. The van der Waals surface area contributed by atoms with Crippen molar-refractivity contribution in [1.82, 2.24) is 9.55 Å². The normalized spacial score (nSPS) is 15.7. The molecule has 1 atom stereocenters. The van der Waals surface area contributed by atoms with Crippen LogP contribution in [-0.2, 0) is 11.3 Å². The molecule has 0 spiro atoms. The second-order valence-corrected chi connectivity index (χ2v) is 9.04. The molecule has 3 aromatic carbocycles. The standard InChI is InChI=1S/C29H31N3O3/c1-21-10-3-5-14-26(21)32-20-22(18-28(32)33)29-30-25-13-4-6-15-27(25)31(29)16-7-8-17-35-24-12-9-11-23(19-24)34-2/h3-6,9-15,19,22H,7-8,16-18,20H2,1-2H3. The van der Waals surface area contributed by atoms with Crippen molar-refractivity contribution in [2.75, 3.05) is 25.2 Å². The van der Waals surface area contributed by atoms with Crippen molar-refractivity contribution < 1.29 is 14.3 Å². The summed E-state index contributed by atoms with van der Waals surface area (Å²) in [6.45, 7) is 4.19. The van der Waals surface area contributed by atoms with Gasteiger partial charge in [-0.25, -0.2) is 4.98 Å². The summed E-state index contributed by atoms with van der Waals surface area (Å²) >= 11 is 0. The van der Waals surface area contributed by atoms with Crippen LogP contribution in [0.4, 0.5) is 5.69 Å². The van der Waals surface area contributed by atoms with Gasteiger partial charge in [0, 0.05) is 37.2 Å². The van der Waals surface area contributed by atoms with Crippen LogP contribution in [-0.4, -0.2) is 35.7 Å². The molecule has 0 saturated carbocycles. The Kier molecular flexibility index (Phi) is 6.70.